The van der Waals surface area contributed by atoms with E-state index in [4.69, 9.17) is 9.47 Å². The van der Waals surface area contributed by atoms with Crippen LogP contribution >= 0.6 is 0 Å². The minimum Gasteiger partial charge on any atom is -0.489 e. The molecule has 5 heteroatoms. The van der Waals surface area contributed by atoms with Crippen LogP contribution in [-0.2, 0) is 22.6 Å². The van der Waals surface area contributed by atoms with Gasteiger partial charge in [-0.2, -0.15) is 0 Å². The van der Waals surface area contributed by atoms with Gasteiger partial charge in [-0.1, -0.05) is 24.3 Å². The van der Waals surface area contributed by atoms with Gasteiger partial charge in [-0.05, 0) is 73.4 Å². The molecule has 2 aliphatic heterocycles. The van der Waals surface area contributed by atoms with Gasteiger partial charge in [-0.3, -0.25) is 4.79 Å². The maximum absolute atomic E-state index is 13.0. The van der Waals surface area contributed by atoms with Gasteiger partial charge >= 0.3 is 0 Å². The molecular formula is C25H30FNO3. The molecular weight excluding hydrogens is 381 g/mol. The van der Waals surface area contributed by atoms with Crippen molar-refractivity contribution in [3.8, 4) is 5.75 Å². The Morgan fingerprint density at radius 3 is 2.23 bits per heavy atom. The van der Waals surface area contributed by atoms with E-state index >= 15 is 0 Å². The summed E-state index contributed by atoms with van der Waals surface area (Å²) in [7, 11) is 0. The molecule has 4 nitrogen and oxygen atoms in total. The molecule has 2 heterocycles. The highest BCUT2D eigenvalue weighted by atomic mass is 19.1. The fraction of sp³-hybridized carbons (Fsp3) is 0.480. The van der Waals surface area contributed by atoms with E-state index in [-0.39, 0.29) is 11.7 Å². The smallest absolute Gasteiger partial charge is 0.225 e. The standard InChI is InChI=1S/C25H30FNO3/c26-23-5-7-24(8-6-23)30-18-21-3-1-19(2-4-21)17-20-9-13-27(14-10-20)25(28)22-11-15-29-16-12-22/h1-8,20,22H,9-18H2. The summed E-state index contributed by atoms with van der Waals surface area (Å²) in [6.07, 6.45) is 4.94. The van der Waals surface area contributed by atoms with Crippen molar-refractivity contribution in [1.82, 2.24) is 4.90 Å². The summed E-state index contributed by atoms with van der Waals surface area (Å²) >= 11 is 0. The largest absolute Gasteiger partial charge is 0.489 e. The number of carbonyl (C=O) groups excluding carboxylic acids is 1. The van der Waals surface area contributed by atoms with Crippen molar-refractivity contribution in [2.75, 3.05) is 26.3 Å². The van der Waals surface area contributed by atoms with Gasteiger partial charge in [-0.25, -0.2) is 4.39 Å². The molecule has 1 amide bonds. The number of halogens is 1. The Kier molecular flexibility index (Phi) is 7.00. The van der Waals surface area contributed by atoms with E-state index in [9.17, 15) is 9.18 Å². The van der Waals surface area contributed by atoms with Crippen LogP contribution in [-0.4, -0.2) is 37.1 Å². The average Bonchev–Trinajstić information content (AvgIpc) is 2.80. The third kappa shape index (κ3) is 5.60. The van der Waals surface area contributed by atoms with Crippen molar-refractivity contribution >= 4 is 5.91 Å². The van der Waals surface area contributed by atoms with Gasteiger partial charge in [0.05, 0.1) is 0 Å². The highest BCUT2D eigenvalue weighted by Crippen LogP contribution is 2.25. The summed E-state index contributed by atoms with van der Waals surface area (Å²) < 4.78 is 24.0. The van der Waals surface area contributed by atoms with E-state index < -0.39 is 0 Å². The lowest BCUT2D eigenvalue weighted by molar-refractivity contribution is -0.139. The molecule has 0 saturated carbocycles. The van der Waals surface area contributed by atoms with Crippen LogP contribution in [0.4, 0.5) is 4.39 Å². The minimum absolute atomic E-state index is 0.167. The second-order valence-electron chi connectivity index (χ2n) is 8.42. The zero-order valence-electron chi connectivity index (χ0n) is 17.4. The predicted octanol–water partition coefficient (Wildman–Crippen LogP) is 4.61. The molecule has 0 radical (unpaired) electrons. The molecule has 2 aromatic rings. The van der Waals surface area contributed by atoms with Crippen molar-refractivity contribution in [1.29, 1.82) is 0 Å². The van der Waals surface area contributed by atoms with Gasteiger partial charge in [0.15, 0.2) is 0 Å². The van der Waals surface area contributed by atoms with Gasteiger partial charge < -0.3 is 14.4 Å². The maximum atomic E-state index is 13.0. The quantitative estimate of drug-likeness (QED) is 0.697. The van der Waals surface area contributed by atoms with E-state index in [0.717, 1.165) is 64.0 Å². The van der Waals surface area contributed by atoms with Gasteiger partial charge in [0.1, 0.15) is 18.2 Å². The molecule has 0 bridgehead atoms. The lowest BCUT2D eigenvalue weighted by atomic mass is 9.89. The summed E-state index contributed by atoms with van der Waals surface area (Å²) in [5, 5.41) is 0. The van der Waals surface area contributed by atoms with Crippen molar-refractivity contribution in [2.45, 2.75) is 38.7 Å². The van der Waals surface area contributed by atoms with Crippen molar-refractivity contribution in [2.24, 2.45) is 11.8 Å². The van der Waals surface area contributed by atoms with Crippen LogP contribution in [0.1, 0.15) is 36.8 Å². The number of benzene rings is 2. The first-order valence-corrected chi connectivity index (χ1v) is 11.0. The molecule has 2 aromatic carbocycles. The van der Waals surface area contributed by atoms with Gasteiger partial charge in [-0.15, -0.1) is 0 Å². The molecule has 0 unspecified atom stereocenters. The Morgan fingerprint density at radius 1 is 0.933 bits per heavy atom. The number of hydrogen-bond acceptors (Lipinski definition) is 3. The molecule has 2 saturated heterocycles. The Hall–Kier alpha value is -2.40. The number of ether oxygens (including phenoxy) is 2. The van der Waals surface area contributed by atoms with Crippen LogP contribution in [0.25, 0.3) is 0 Å². The van der Waals surface area contributed by atoms with Crippen LogP contribution in [0.2, 0.25) is 0 Å². The Bertz CT molecular complexity index is 807. The number of likely N-dealkylation sites (tertiary alicyclic amines) is 1. The van der Waals surface area contributed by atoms with Crippen molar-refractivity contribution in [3.05, 3.63) is 65.5 Å². The first-order chi connectivity index (χ1) is 14.7. The summed E-state index contributed by atoms with van der Waals surface area (Å²) in [5.41, 5.74) is 2.43. The average molecular weight is 412 g/mol. The van der Waals surface area contributed by atoms with Crippen LogP contribution < -0.4 is 4.74 Å². The number of carbonyl (C=O) groups is 1. The van der Waals surface area contributed by atoms with Crippen molar-refractivity contribution in [3.63, 3.8) is 0 Å². The van der Waals surface area contributed by atoms with Crippen LogP contribution in [0, 0.1) is 17.7 Å². The molecule has 0 N–H and O–H groups in total. The Morgan fingerprint density at radius 2 is 1.57 bits per heavy atom. The second-order valence-corrected chi connectivity index (χ2v) is 8.42. The SMILES string of the molecule is O=C(C1CCOCC1)N1CCC(Cc2ccc(COc3ccc(F)cc3)cc2)CC1. The highest BCUT2D eigenvalue weighted by Gasteiger charge is 2.29. The molecule has 30 heavy (non-hydrogen) atoms. The lowest BCUT2D eigenvalue weighted by Gasteiger charge is -2.35. The maximum Gasteiger partial charge on any atom is 0.225 e. The Balaban J connectivity index is 1.21. The van der Waals surface area contributed by atoms with E-state index in [1.54, 1.807) is 12.1 Å². The first kappa shape index (κ1) is 20.9. The summed E-state index contributed by atoms with van der Waals surface area (Å²) in [5.74, 6) is 1.54. The number of amides is 1. The van der Waals surface area contributed by atoms with Gasteiger partial charge in [0, 0.05) is 32.2 Å². The molecule has 0 aliphatic carbocycles. The van der Waals surface area contributed by atoms with Crippen LogP contribution in [0.15, 0.2) is 48.5 Å². The molecule has 160 valence electrons. The number of rotatable bonds is 6. The van der Waals surface area contributed by atoms with Crippen LogP contribution in [0.5, 0.6) is 5.75 Å². The summed E-state index contributed by atoms with van der Waals surface area (Å²) in [4.78, 5) is 14.7. The summed E-state index contributed by atoms with van der Waals surface area (Å²) in [6.45, 7) is 3.67. The first-order valence-electron chi connectivity index (χ1n) is 11.0. The monoisotopic (exact) mass is 411 g/mol. The van der Waals surface area contributed by atoms with E-state index in [0.29, 0.717) is 24.2 Å². The fourth-order valence-electron chi connectivity index (χ4n) is 4.36. The molecule has 4 rings (SSSR count). The second kappa shape index (κ2) is 10.1. The van der Waals surface area contributed by atoms with Crippen LogP contribution in [0.3, 0.4) is 0 Å². The molecule has 2 fully saturated rings. The fourth-order valence-corrected chi connectivity index (χ4v) is 4.36. The zero-order valence-corrected chi connectivity index (χ0v) is 17.4. The third-order valence-electron chi connectivity index (χ3n) is 6.26. The van der Waals surface area contributed by atoms with Gasteiger partial charge in [0.2, 0.25) is 5.91 Å². The van der Waals surface area contributed by atoms with E-state index in [2.05, 4.69) is 29.2 Å². The number of nitrogens with zero attached hydrogens (tertiary/aromatic N) is 1. The number of hydrogen-bond donors (Lipinski definition) is 0. The minimum atomic E-state index is -0.259. The molecule has 0 atom stereocenters. The molecule has 0 spiro atoms. The van der Waals surface area contributed by atoms with E-state index in [1.807, 2.05) is 0 Å². The topological polar surface area (TPSA) is 38.8 Å². The molecule has 2 aliphatic rings. The summed E-state index contributed by atoms with van der Waals surface area (Å²) in [6, 6.07) is 14.6. The lowest BCUT2D eigenvalue weighted by Crippen LogP contribution is -2.43. The van der Waals surface area contributed by atoms with Gasteiger partial charge in [0.25, 0.3) is 0 Å². The highest BCUT2D eigenvalue weighted by molar-refractivity contribution is 5.79. The predicted molar refractivity (Wildman–Crippen MR) is 114 cm³/mol. The third-order valence-corrected chi connectivity index (χ3v) is 6.26. The zero-order chi connectivity index (χ0) is 20.8. The van der Waals surface area contributed by atoms with E-state index in [1.165, 1.54) is 17.7 Å². The van der Waals surface area contributed by atoms with Crippen molar-refractivity contribution < 1.29 is 18.7 Å². The molecule has 0 aromatic heterocycles. The number of piperidine rings is 1. The Labute approximate surface area is 178 Å². The normalized spacial score (nSPS) is 18.4.